The standard InChI is InChI=1S/C26H31N3O6/c1-26(2,3)29-22(30)14-27-24(33)21(12-13-23(31)32)28-25(34)35-15-20-18-10-6-4-8-16(18)17-9-5-7-11-19(17)20/h4-11,20-21H,12-15H2,1-3H3,(H,27,33)(H,28,34)(H,29,30)(H,31,32). The van der Waals surface area contributed by atoms with Crippen molar-refractivity contribution in [3.8, 4) is 11.1 Å². The second kappa shape index (κ2) is 11.0. The third-order valence-corrected chi connectivity index (χ3v) is 5.54. The molecule has 2 aromatic rings. The summed E-state index contributed by atoms with van der Waals surface area (Å²) in [7, 11) is 0. The average Bonchev–Trinajstić information content (AvgIpc) is 3.11. The molecular weight excluding hydrogens is 450 g/mol. The van der Waals surface area contributed by atoms with Crippen LogP contribution < -0.4 is 16.0 Å². The number of hydrogen-bond donors (Lipinski definition) is 4. The largest absolute Gasteiger partial charge is 0.481 e. The van der Waals surface area contributed by atoms with Crippen LogP contribution in [-0.4, -0.2) is 53.7 Å². The molecule has 0 aliphatic heterocycles. The zero-order chi connectivity index (χ0) is 25.6. The van der Waals surface area contributed by atoms with Crippen molar-refractivity contribution in [2.24, 2.45) is 0 Å². The molecule has 0 saturated heterocycles. The van der Waals surface area contributed by atoms with Gasteiger partial charge in [0.25, 0.3) is 0 Å². The monoisotopic (exact) mass is 481 g/mol. The van der Waals surface area contributed by atoms with Crippen molar-refractivity contribution < 1.29 is 29.0 Å². The van der Waals surface area contributed by atoms with Gasteiger partial charge in [-0.15, -0.1) is 0 Å². The molecular formula is C26H31N3O6. The van der Waals surface area contributed by atoms with Gasteiger partial charge in [-0.25, -0.2) is 4.79 Å². The number of carbonyl (C=O) groups excluding carboxylic acids is 3. The Morgan fingerprint density at radius 2 is 1.54 bits per heavy atom. The lowest BCUT2D eigenvalue weighted by atomic mass is 9.98. The van der Waals surface area contributed by atoms with Crippen LogP contribution in [0, 0.1) is 0 Å². The van der Waals surface area contributed by atoms with Crippen LogP contribution in [0.25, 0.3) is 11.1 Å². The summed E-state index contributed by atoms with van der Waals surface area (Å²) in [5, 5.41) is 16.6. The molecule has 3 amide bonds. The van der Waals surface area contributed by atoms with E-state index in [9.17, 15) is 19.2 Å². The second-order valence-electron chi connectivity index (χ2n) is 9.47. The molecule has 0 heterocycles. The predicted molar refractivity (Wildman–Crippen MR) is 130 cm³/mol. The molecule has 1 aliphatic rings. The highest BCUT2D eigenvalue weighted by Gasteiger charge is 2.30. The second-order valence-corrected chi connectivity index (χ2v) is 9.47. The topological polar surface area (TPSA) is 134 Å². The van der Waals surface area contributed by atoms with E-state index in [1.807, 2.05) is 48.5 Å². The van der Waals surface area contributed by atoms with Gasteiger partial charge in [0.05, 0.1) is 6.54 Å². The van der Waals surface area contributed by atoms with Crippen molar-refractivity contribution in [3.05, 3.63) is 59.7 Å². The minimum Gasteiger partial charge on any atom is -0.481 e. The number of amides is 3. The number of fused-ring (bicyclic) bond motifs is 3. The maximum atomic E-state index is 12.6. The first-order chi connectivity index (χ1) is 16.5. The number of ether oxygens (including phenoxy) is 1. The first-order valence-corrected chi connectivity index (χ1v) is 11.5. The van der Waals surface area contributed by atoms with Crippen molar-refractivity contribution in [2.45, 2.75) is 51.1 Å². The fourth-order valence-electron chi connectivity index (χ4n) is 4.07. The molecule has 0 bridgehead atoms. The molecule has 1 unspecified atom stereocenters. The normalized spacial score (nSPS) is 13.2. The number of nitrogens with one attached hydrogen (secondary N) is 3. The van der Waals surface area contributed by atoms with Gasteiger partial charge in [0.15, 0.2) is 0 Å². The summed E-state index contributed by atoms with van der Waals surface area (Å²) in [6, 6.07) is 14.6. The van der Waals surface area contributed by atoms with Gasteiger partial charge in [-0.05, 0) is 49.4 Å². The lowest BCUT2D eigenvalue weighted by Crippen LogP contribution is -2.51. The van der Waals surface area contributed by atoms with E-state index < -0.39 is 35.5 Å². The van der Waals surface area contributed by atoms with Crippen molar-refractivity contribution >= 4 is 23.9 Å². The van der Waals surface area contributed by atoms with Crippen molar-refractivity contribution in [3.63, 3.8) is 0 Å². The Balaban J connectivity index is 1.61. The molecule has 4 N–H and O–H groups in total. The molecule has 0 fully saturated rings. The van der Waals surface area contributed by atoms with Gasteiger partial charge in [0, 0.05) is 17.9 Å². The van der Waals surface area contributed by atoms with E-state index >= 15 is 0 Å². The number of alkyl carbamates (subject to hydrolysis) is 1. The zero-order valence-corrected chi connectivity index (χ0v) is 20.1. The summed E-state index contributed by atoms with van der Waals surface area (Å²) >= 11 is 0. The summed E-state index contributed by atoms with van der Waals surface area (Å²) in [5.74, 6) is -2.32. The van der Waals surface area contributed by atoms with Gasteiger partial charge < -0.3 is 25.8 Å². The van der Waals surface area contributed by atoms with Crippen LogP contribution >= 0.6 is 0 Å². The van der Waals surface area contributed by atoms with Crippen LogP contribution in [0.2, 0.25) is 0 Å². The molecule has 2 aromatic carbocycles. The summed E-state index contributed by atoms with van der Waals surface area (Å²) in [6.07, 6.45) is -1.32. The molecule has 0 aromatic heterocycles. The summed E-state index contributed by atoms with van der Waals surface area (Å²) < 4.78 is 5.46. The van der Waals surface area contributed by atoms with Crippen molar-refractivity contribution in [2.75, 3.05) is 13.2 Å². The Morgan fingerprint density at radius 1 is 0.971 bits per heavy atom. The molecule has 0 saturated carbocycles. The lowest BCUT2D eigenvalue weighted by Gasteiger charge is -2.22. The third kappa shape index (κ3) is 7.05. The van der Waals surface area contributed by atoms with Crippen LogP contribution in [0.3, 0.4) is 0 Å². The molecule has 35 heavy (non-hydrogen) atoms. The molecule has 0 radical (unpaired) electrons. The minimum absolute atomic E-state index is 0.0567. The number of hydrogen-bond acceptors (Lipinski definition) is 5. The minimum atomic E-state index is -1.16. The van der Waals surface area contributed by atoms with Gasteiger partial charge in [-0.2, -0.15) is 0 Å². The molecule has 186 valence electrons. The maximum absolute atomic E-state index is 12.6. The van der Waals surface area contributed by atoms with Gasteiger partial charge in [0.1, 0.15) is 12.6 Å². The highest BCUT2D eigenvalue weighted by Crippen LogP contribution is 2.44. The lowest BCUT2D eigenvalue weighted by molar-refractivity contribution is -0.137. The molecule has 0 spiro atoms. The van der Waals surface area contributed by atoms with Crippen LogP contribution in [0.5, 0.6) is 0 Å². The number of carboxylic acid groups (broad SMARTS) is 1. The highest BCUT2D eigenvalue weighted by molar-refractivity contribution is 5.90. The third-order valence-electron chi connectivity index (χ3n) is 5.54. The van der Waals surface area contributed by atoms with Crippen LogP contribution in [-0.2, 0) is 19.1 Å². The quantitative estimate of drug-likeness (QED) is 0.435. The average molecular weight is 482 g/mol. The molecule has 1 atom stereocenters. The Bertz CT molecular complexity index is 1060. The summed E-state index contributed by atoms with van der Waals surface area (Å²) in [4.78, 5) is 48.2. The maximum Gasteiger partial charge on any atom is 0.407 e. The van der Waals surface area contributed by atoms with E-state index in [-0.39, 0.29) is 31.9 Å². The predicted octanol–water partition coefficient (Wildman–Crippen LogP) is 2.79. The Morgan fingerprint density at radius 3 is 2.09 bits per heavy atom. The molecule has 1 aliphatic carbocycles. The van der Waals surface area contributed by atoms with Crippen molar-refractivity contribution in [1.29, 1.82) is 0 Å². The molecule has 9 nitrogen and oxygen atoms in total. The molecule has 9 heteroatoms. The number of benzene rings is 2. The Hall–Kier alpha value is -3.88. The number of aliphatic carboxylic acids is 1. The van der Waals surface area contributed by atoms with Gasteiger partial charge >= 0.3 is 12.1 Å². The van der Waals surface area contributed by atoms with Gasteiger partial charge in [0.2, 0.25) is 11.8 Å². The van der Waals surface area contributed by atoms with E-state index in [1.54, 1.807) is 20.8 Å². The first kappa shape index (κ1) is 25.7. The summed E-state index contributed by atoms with van der Waals surface area (Å²) in [6.45, 7) is 5.18. The van der Waals surface area contributed by atoms with Crippen LogP contribution in [0.4, 0.5) is 4.79 Å². The smallest absolute Gasteiger partial charge is 0.407 e. The molecule has 3 rings (SSSR count). The van der Waals surface area contributed by atoms with Gasteiger partial charge in [-0.3, -0.25) is 14.4 Å². The first-order valence-electron chi connectivity index (χ1n) is 11.5. The number of rotatable bonds is 9. The van der Waals surface area contributed by atoms with E-state index in [2.05, 4.69) is 16.0 Å². The summed E-state index contributed by atoms with van der Waals surface area (Å²) in [5.41, 5.74) is 3.80. The van der Waals surface area contributed by atoms with E-state index in [0.29, 0.717) is 0 Å². The SMILES string of the molecule is CC(C)(C)NC(=O)CNC(=O)C(CCC(=O)O)NC(=O)OCC1c2ccccc2-c2ccccc21. The highest BCUT2D eigenvalue weighted by atomic mass is 16.5. The number of carboxylic acids is 1. The zero-order valence-electron chi connectivity index (χ0n) is 20.1. The fourth-order valence-corrected chi connectivity index (χ4v) is 4.07. The number of carbonyl (C=O) groups is 4. The Kier molecular flexibility index (Phi) is 8.11. The fraction of sp³-hybridized carbons (Fsp3) is 0.385. The van der Waals surface area contributed by atoms with E-state index in [1.165, 1.54) is 0 Å². The van der Waals surface area contributed by atoms with Crippen molar-refractivity contribution in [1.82, 2.24) is 16.0 Å². The van der Waals surface area contributed by atoms with Crippen LogP contribution in [0.1, 0.15) is 50.7 Å². The Labute approximate surface area is 204 Å². The van der Waals surface area contributed by atoms with Gasteiger partial charge in [-0.1, -0.05) is 48.5 Å². The van der Waals surface area contributed by atoms with Crippen LogP contribution in [0.15, 0.2) is 48.5 Å². The van der Waals surface area contributed by atoms with E-state index in [0.717, 1.165) is 22.3 Å². The van der Waals surface area contributed by atoms with E-state index in [4.69, 9.17) is 9.84 Å².